The van der Waals surface area contributed by atoms with Gasteiger partial charge in [-0.05, 0) is 48.9 Å². The summed E-state index contributed by atoms with van der Waals surface area (Å²) in [7, 11) is 0. The van der Waals surface area contributed by atoms with E-state index >= 15 is 0 Å². The van der Waals surface area contributed by atoms with Crippen LogP contribution < -0.4 is 5.73 Å². The van der Waals surface area contributed by atoms with E-state index in [2.05, 4.69) is 6.92 Å². The fourth-order valence-electron chi connectivity index (χ4n) is 3.23. The average Bonchev–Trinajstić information content (AvgIpc) is 2.93. The van der Waals surface area contributed by atoms with Crippen LogP contribution in [0.1, 0.15) is 24.6 Å². The summed E-state index contributed by atoms with van der Waals surface area (Å²) in [6.07, 6.45) is 3.12. The number of furan rings is 1. The van der Waals surface area contributed by atoms with E-state index in [4.69, 9.17) is 26.7 Å². The summed E-state index contributed by atoms with van der Waals surface area (Å²) in [4.78, 5) is 4.70. The summed E-state index contributed by atoms with van der Waals surface area (Å²) >= 11 is 6.26. The standard InChI is InChI=1S/C18H17ClN2O/c1-10-6-7-15-12(8-10)17(20)13-9-16(22-18(13)21-15)11-4-2-3-5-14(11)19/h2-5,9-10H,6-8H2,1H3,(H2,20,21). The van der Waals surface area contributed by atoms with Crippen LogP contribution in [0.5, 0.6) is 0 Å². The van der Waals surface area contributed by atoms with Crippen molar-refractivity contribution in [1.82, 2.24) is 4.98 Å². The maximum Gasteiger partial charge on any atom is 0.229 e. The van der Waals surface area contributed by atoms with E-state index < -0.39 is 0 Å². The predicted molar refractivity (Wildman–Crippen MR) is 90.1 cm³/mol. The van der Waals surface area contributed by atoms with Gasteiger partial charge in [-0.15, -0.1) is 0 Å². The van der Waals surface area contributed by atoms with Crippen LogP contribution >= 0.6 is 11.6 Å². The topological polar surface area (TPSA) is 52.0 Å². The molecule has 0 saturated heterocycles. The highest BCUT2D eigenvalue weighted by Crippen LogP contribution is 2.38. The molecule has 0 aliphatic heterocycles. The van der Waals surface area contributed by atoms with E-state index in [-0.39, 0.29) is 0 Å². The van der Waals surface area contributed by atoms with Crippen LogP contribution in [0.15, 0.2) is 34.7 Å². The van der Waals surface area contributed by atoms with E-state index in [1.54, 1.807) is 0 Å². The molecular formula is C18H17ClN2O. The lowest BCUT2D eigenvalue weighted by Crippen LogP contribution is -2.15. The van der Waals surface area contributed by atoms with E-state index in [9.17, 15) is 0 Å². The van der Waals surface area contributed by atoms with E-state index in [0.717, 1.165) is 47.4 Å². The zero-order valence-electron chi connectivity index (χ0n) is 12.4. The number of aromatic nitrogens is 1. The van der Waals surface area contributed by atoms with Crippen LogP contribution in [0.2, 0.25) is 5.02 Å². The number of pyridine rings is 1. The van der Waals surface area contributed by atoms with Crippen LogP contribution in [0.4, 0.5) is 5.69 Å². The summed E-state index contributed by atoms with van der Waals surface area (Å²) in [5.41, 5.74) is 11.0. The summed E-state index contributed by atoms with van der Waals surface area (Å²) < 4.78 is 5.93. The number of rotatable bonds is 1. The molecule has 1 aliphatic rings. The van der Waals surface area contributed by atoms with Gasteiger partial charge in [-0.25, -0.2) is 4.98 Å². The normalized spacial score (nSPS) is 17.6. The summed E-state index contributed by atoms with van der Waals surface area (Å²) in [5, 5.41) is 1.56. The third kappa shape index (κ3) is 2.08. The van der Waals surface area contributed by atoms with E-state index in [1.165, 1.54) is 5.56 Å². The van der Waals surface area contributed by atoms with Gasteiger partial charge >= 0.3 is 0 Å². The molecule has 0 spiro atoms. The number of anilines is 1. The number of hydrogen-bond acceptors (Lipinski definition) is 3. The Morgan fingerprint density at radius 2 is 2.14 bits per heavy atom. The molecule has 3 nitrogen and oxygen atoms in total. The number of nitrogen functional groups attached to an aromatic ring is 1. The monoisotopic (exact) mass is 312 g/mol. The van der Waals surface area contributed by atoms with Crippen LogP contribution in [0, 0.1) is 5.92 Å². The third-order valence-corrected chi connectivity index (χ3v) is 4.81. The van der Waals surface area contributed by atoms with Crippen LogP contribution in [-0.2, 0) is 12.8 Å². The number of nitrogens with zero attached hydrogens (tertiary/aromatic N) is 1. The molecule has 112 valence electrons. The summed E-state index contributed by atoms with van der Waals surface area (Å²) in [6.45, 7) is 2.26. The van der Waals surface area contributed by atoms with Crippen molar-refractivity contribution in [3.63, 3.8) is 0 Å². The second kappa shape index (κ2) is 5.03. The number of aryl methyl sites for hydroxylation is 1. The molecule has 0 fully saturated rings. The first-order valence-corrected chi connectivity index (χ1v) is 7.97. The molecular weight excluding hydrogens is 296 g/mol. The van der Waals surface area contributed by atoms with Gasteiger partial charge in [0.15, 0.2) is 0 Å². The number of nitrogens with two attached hydrogens (primary N) is 1. The molecule has 4 heteroatoms. The molecule has 1 aromatic carbocycles. The van der Waals surface area contributed by atoms with Crippen molar-refractivity contribution in [2.75, 3.05) is 5.73 Å². The number of halogens is 1. The Morgan fingerprint density at radius 1 is 1.32 bits per heavy atom. The molecule has 1 atom stereocenters. The minimum absolute atomic E-state index is 0.612. The average molecular weight is 313 g/mol. The fourth-order valence-corrected chi connectivity index (χ4v) is 3.46. The smallest absolute Gasteiger partial charge is 0.229 e. The Kier molecular flexibility index (Phi) is 3.12. The molecule has 4 rings (SSSR count). The van der Waals surface area contributed by atoms with E-state index in [0.29, 0.717) is 16.7 Å². The minimum atomic E-state index is 0.612. The van der Waals surface area contributed by atoms with Gasteiger partial charge in [0.1, 0.15) is 5.76 Å². The van der Waals surface area contributed by atoms with Gasteiger partial charge in [-0.3, -0.25) is 0 Å². The van der Waals surface area contributed by atoms with Crippen molar-refractivity contribution < 1.29 is 4.42 Å². The Labute approximate surface area is 134 Å². The second-order valence-corrected chi connectivity index (χ2v) is 6.52. The van der Waals surface area contributed by atoms with Crippen molar-refractivity contribution in [2.45, 2.75) is 26.2 Å². The SMILES string of the molecule is CC1CCc2nc3oc(-c4ccccc4Cl)cc3c(N)c2C1. The molecule has 2 aromatic heterocycles. The third-order valence-electron chi connectivity index (χ3n) is 4.48. The Bertz CT molecular complexity index is 869. The molecule has 0 saturated carbocycles. The Hall–Kier alpha value is -2.00. The first-order valence-electron chi connectivity index (χ1n) is 7.59. The number of hydrogen-bond donors (Lipinski definition) is 1. The lowest BCUT2D eigenvalue weighted by atomic mass is 9.86. The van der Waals surface area contributed by atoms with Gasteiger partial charge in [-0.2, -0.15) is 0 Å². The maximum atomic E-state index is 6.40. The van der Waals surface area contributed by atoms with Crippen LogP contribution in [0.25, 0.3) is 22.4 Å². The van der Waals surface area contributed by atoms with Crippen molar-refractivity contribution >= 4 is 28.4 Å². The maximum absolute atomic E-state index is 6.40. The van der Waals surface area contributed by atoms with Gasteiger partial charge < -0.3 is 10.2 Å². The second-order valence-electron chi connectivity index (χ2n) is 6.11. The van der Waals surface area contributed by atoms with Gasteiger partial charge in [0, 0.05) is 16.9 Å². The van der Waals surface area contributed by atoms with Gasteiger partial charge in [0.25, 0.3) is 0 Å². The molecule has 0 amide bonds. The van der Waals surface area contributed by atoms with Crippen LogP contribution in [0.3, 0.4) is 0 Å². The van der Waals surface area contributed by atoms with Crippen molar-refractivity contribution in [3.8, 4) is 11.3 Å². The molecule has 2 heterocycles. The Morgan fingerprint density at radius 3 is 2.95 bits per heavy atom. The first-order chi connectivity index (χ1) is 10.6. The van der Waals surface area contributed by atoms with Crippen LogP contribution in [-0.4, -0.2) is 4.98 Å². The lowest BCUT2D eigenvalue weighted by molar-refractivity contribution is 0.494. The number of benzene rings is 1. The highest BCUT2D eigenvalue weighted by Gasteiger charge is 2.22. The molecule has 2 N–H and O–H groups in total. The largest absolute Gasteiger partial charge is 0.438 e. The first kappa shape index (κ1) is 13.6. The van der Waals surface area contributed by atoms with Crippen molar-refractivity contribution in [3.05, 3.63) is 46.6 Å². The van der Waals surface area contributed by atoms with Gasteiger partial charge in [-0.1, -0.05) is 30.7 Å². The highest BCUT2D eigenvalue weighted by molar-refractivity contribution is 6.33. The van der Waals surface area contributed by atoms with E-state index in [1.807, 2.05) is 30.3 Å². The Balaban J connectivity index is 1.92. The highest BCUT2D eigenvalue weighted by atomic mass is 35.5. The minimum Gasteiger partial charge on any atom is -0.438 e. The summed E-state index contributed by atoms with van der Waals surface area (Å²) in [5.74, 6) is 1.37. The molecule has 0 radical (unpaired) electrons. The summed E-state index contributed by atoms with van der Waals surface area (Å²) in [6, 6.07) is 9.60. The van der Waals surface area contributed by atoms with Crippen molar-refractivity contribution in [2.24, 2.45) is 5.92 Å². The lowest BCUT2D eigenvalue weighted by Gasteiger charge is -2.21. The zero-order valence-corrected chi connectivity index (χ0v) is 13.2. The number of fused-ring (bicyclic) bond motifs is 2. The molecule has 1 unspecified atom stereocenters. The quantitative estimate of drug-likeness (QED) is 0.698. The van der Waals surface area contributed by atoms with Gasteiger partial charge in [0.2, 0.25) is 5.71 Å². The molecule has 0 bridgehead atoms. The zero-order chi connectivity index (χ0) is 15.3. The predicted octanol–water partition coefficient (Wildman–Crippen LogP) is 4.86. The van der Waals surface area contributed by atoms with Crippen molar-refractivity contribution in [1.29, 1.82) is 0 Å². The fraction of sp³-hybridized carbons (Fsp3) is 0.278. The molecule has 22 heavy (non-hydrogen) atoms. The van der Waals surface area contributed by atoms with Gasteiger partial charge in [0.05, 0.1) is 10.4 Å². The molecule has 1 aliphatic carbocycles. The molecule has 3 aromatic rings.